The molecule has 1 heterocycles. The Bertz CT molecular complexity index is 255. The fourth-order valence-corrected chi connectivity index (χ4v) is 2.33. The molecular weight excluding hydrogens is 192 g/mol. The van der Waals surface area contributed by atoms with E-state index in [1.807, 2.05) is 19.1 Å². The standard InChI is InChI=1S/C9H13ClOS/c1-3-6-9(2,11)7-4-5-8(10)12-7/h4-5,11H,3,6H2,1-2H3/t9-/m1/s1. The SMILES string of the molecule is CCC[C@@](C)(O)c1ccc(Cl)s1. The van der Waals surface area contributed by atoms with E-state index in [0.717, 1.165) is 22.1 Å². The van der Waals surface area contributed by atoms with E-state index in [4.69, 9.17) is 11.6 Å². The Balaban J connectivity index is 2.81. The van der Waals surface area contributed by atoms with Crippen molar-refractivity contribution >= 4 is 22.9 Å². The van der Waals surface area contributed by atoms with Crippen molar-refractivity contribution in [3.05, 3.63) is 21.3 Å². The Labute approximate surface area is 82.0 Å². The van der Waals surface area contributed by atoms with Crippen molar-refractivity contribution in [2.75, 3.05) is 0 Å². The zero-order valence-corrected chi connectivity index (χ0v) is 8.87. The molecule has 0 unspecified atom stereocenters. The average Bonchev–Trinajstić information content (AvgIpc) is 2.36. The van der Waals surface area contributed by atoms with E-state index in [1.165, 1.54) is 11.3 Å². The maximum Gasteiger partial charge on any atom is 0.0960 e. The number of hydrogen-bond donors (Lipinski definition) is 1. The third-order valence-electron chi connectivity index (χ3n) is 1.84. The molecule has 1 aromatic rings. The summed E-state index contributed by atoms with van der Waals surface area (Å²) >= 11 is 7.22. The van der Waals surface area contributed by atoms with Crippen LogP contribution in [0.4, 0.5) is 0 Å². The number of hydrogen-bond acceptors (Lipinski definition) is 2. The summed E-state index contributed by atoms with van der Waals surface area (Å²) in [5.74, 6) is 0. The molecule has 1 atom stereocenters. The Hall–Kier alpha value is -0.0500. The summed E-state index contributed by atoms with van der Waals surface area (Å²) in [6.07, 6.45) is 1.76. The quantitative estimate of drug-likeness (QED) is 0.800. The minimum Gasteiger partial charge on any atom is -0.385 e. The van der Waals surface area contributed by atoms with Gasteiger partial charge in [0.05, 0.1) is 9.94 Å². The molecule has 0 spiro atoms. The summed E-state index contributed by atoms with van der Waals surface area (Å²) in [4.78, 5) is 0.953. The lowest BCUT2D eigenvalue weighted by Crippen LogP contribution is -2.18. The van der Waals surface area contributed by atoms with Gasteiger partial charge in [-0.1, -0.05) is 24.9 Å². The first-order valence-corrected chi connectivity index (χ1v) is 5.24. The highest BCUT2D eigenvalue weighted by molar-refractivity contribution is 7.16. The lowest BCUT2D eigenvalue weighted by atomic mass is 9.99. The molecule has 1 rings (SSSR count). The zero-order chi connectivity index (χ0) is 9.19. The summed E-state index contributed by atoms with van der Waals surface area (Å²) in [6, 6.07) is 3.72. The van der Waals surface area contributed by atoms with Gasteiger partial charge in [-0.15, -0.1) is 11.3 Å². The van der Waals surface area contributed by atoms with Crippen LogP contribution in [0.2, 0.25) is 4.34 Å². The van der Waals surface area contributed by atoms with Crippen molar-refractivity contribution in [1.29, 1.82) is 0 Å². The van der Waals surface area contributed by atoms with Gasteiger partial charge in [0.25, 0.3) is 0 Å². The van der Waals surface area contributed by atoms with E-state index in [2.05, 4.69) is 6.92 Å². The van der Waals surface area contributed by atoms with Crippen LogP contribution in [0.15, 0.2) is 12.1 Å². The van der Waals surface area contributed by atoms with Gasteiger partial charge in [-0.25, -0.2) is 0 Å². The van der Waals surface area contributed by atoms with Crippen molar-refractivity contribution in [3.8, 4) is 0 Å². The maximum atomic E-state index is 9.95. The first kappa shape index (κ1) is 10.0. The number of rotatable bonds is 3. The van der Waals surface area contributed by atoms with Gasteiger partial charge in [-0.05, 0) is 25.5 Å². The molecule has 0 aliphatic heterocycles. The summed E-state index contributed by atoms with van der Waals surface area (Å²) < 4.78 is 0.737. The van der Waals surface area contributed by atoms with Gasteiger partial charge < -0.3 is 5.11 Å². The maximum absolute atomic E-state index is 9.95. The topological polar surface area (TPSA) is 20.2 Å². The van der Waals surface area contributed by atoms with E-state index in [9.17, 15) is 5.11 Å². The molecule has 3 heteroatoms. The third kappa shape index (κ3) is 2.22. The minimum absolute atomic E-state index is 0.702. The second-order valence-corrected chi connectivity index (χ2v) is 4.84. The predicted octanol–water partition coefficient (Wildman–Crippen LogP) is 3.41. The first-order chi connectivity index (χ1) is 5.56. The van der Waals surface area contributed by atoms with E-state index in [0.29, 0.717) is 0 Å². The number of aliphatic hydroxyl groups is 1. The number of halogens is 1. The summed E-state index contributed by atoms with van der Waals surface area (Å²) in [5, 5.41) is 9.95. The van der Waals surface area contributed by atoms with Crippen LogP contribution in [0.25, 0.3) is 0 Å². The molecule has 0 aliphatic rings. The summed E-state index contributed by atoms with van der Waals surface area (Å²) in [5.41, 5.74) is -0.702. The van der Waals surface area contributed by atoms with Crippen LogP contribution in [-0.2, 0) is 5.60 Å². The molecule has 1 nitrogen and oxygen atoms in total. The van der Waals surface area contributed by atoms with Crippen molar-refractivity contribution < 1.29 is 5.11 Å². The number of thiophene rings is 1. The molecule has 0 aromatic carbocycles. The van der Waals surface area contributed by atoms with Gasteiger partial charge in [-0.2, -0.15) is 0 Å². The summed E-state index contributed by atoms with van der Waals surface area (Å²) in [6.45, 7) is 3.89. The van der Waals surface area contributed by atoms with Crippen LogP contribution in [-0.4, -0.2) is 5.11 Å². The van der Waals surface area contributed by atoms with Crippen LogP contribution in [0, 0.1) is 0 Å². The molecule has 1 N–H and O–H groups in total. The molecule has 12 heavy (non-hydrogen) atoms. The smallest absolute Gasteiger partial charge is 0.0960 e. The highest BCUT2D eigenvalue weighted by Gasteiger charge is 2.23. The second kappa shape index (κ2) is 3.77. The van der Waals surface area contributed by atoms with Gasteiger partial charge >= 0.3 is 0 Å². The largest absolute Gasteiger partial charge is 0.385 e. The van der Waals surface area contributed by atoms with E-state index >= 15 is 0 Å². The highest BCUT2D eigenvalue weighted by Crippen LogP contribution is 2.33. The molecule has 0 amide bonds. The highest BCUT2D eigenvalue weighted by atomic mass is 35.5. The molecule has 0 radical (unpaired) electrons. The van der Waals surface area contributed by atoms with E-state index in [1.54, 1.807) is 0 Å². The lowest BCUT2D eigenvalue weighted by Gasteiger charge is -2.20. The fourth-order valence-electron chi connectivity index (χ4n) is 1.21. The third-order valence-corrected chi connectivity index (χ3v) is 3.33. The van der Waals surface area contributed by atoms with Crippen molar-refractivity contribution in [1.82, 2.24) is 0 Å². The van der Waals surface area contributed by atoms with Crippen LogP contribution in [0.5, 0.6) is 0 Å². The molecule has 1 aromatic heterocycles. The van der Waals surface area contributed by atoms with Crippen molar-refractivity contribution in [2.45, 2.75) is 32.3 Å². The zero-order valence-electron chi connectivity index (χ0n) is 7.30. The molecule has 0 bridgehead atoms. The van der Waals surface area contributed by atoms with Crippen molar-refractivity contribution in [2.24, 2.45) is 0 Å². The molecule has 0 fully saturated rings. The Morgan fingerprint density at radius 3 is 2.67 bits per heavy atom. The predicted molar refractivity (Wildman–Crippen MR) is 53.8 cm³/mol. The minimum atomic E-state index is -0.702. The van der Waals surface area contributed by atoms with E-state index in [-0.39, 0.29) is 0 Å². The second-order valence-electron chi connectivity index (χ2n) is 3.13. The van der Waals surface area contributed by atoms with Gasteiger partial charge in [0.1, 0.15) is 0 Å². The van der Waals surface area contributed by atoms with Crippen molar-refractivity contribution in [3.63, 3.8) is 0 Å². The molecule has 0 aliphatic carbocycles. The monoisotopic (exact) mass is 204 g/mol. The lowest BCUT2D eigenvalue weighted by molar-refractivity contribution is 0.0508. The van der Waals surface area contributed by atoms with Crippen LogP contribution in [0.3, 0.4) is 0 Å². The molecule has 68 valence electrons. The normalized spacial score (nSPS) is 16.0. The fraction of sp³-hybridized carbons (Fsp3) is 0.556. The first-order valence-electron chi connectivity index (χ1n) is 4.04. The molecule has 0 saturated carbocycles. The van der Waals surface area contributed by atoms with Crippen LogP contribution < -0.4 is 0 Å². The molecular formula is C9H13ClOS. The Morgan fingerprint density at radius 1 is 1.58 bits per heavy atom. The van der Waals surface area contributed by atoms with Crippen LogP contribution >= 0.6 is 22.9 Å². The van der Waals surface area contributed by atoms with E-state index < -0.39 is 5.60 Å². The van der Waals surface area contributed by atoms with Gasteiger partial charge in [-0.3, -0.25) is 0 Å². The van der Waals surface area contributed by atoms with Crippen LogP contribution in [0.1, 0.15) is 31.6 Å². The average molecular weight is 205 g/mol. The Morgan fingerprint density at radius 2 is 2.25 bits per heavy atom. The van der Waals surface area contributed by atoms with Gasteiger partial charge in [0, 0.05) is 4.88 Å². The van der Waals surface area contributed by atoms with Gasteiger partial charge in [0.15, 0.2) is 0 Å². The molecule has 0 saturated heterocycles. The summed E-state index contributed by atoms with van der Waals surface area (Å²) in [7, 11) is 0. The Kier molecular flexibility index (Phi) is 3.16. The van der Waals surface area contributed by atoms with Gasteiger partial charge in [0.2, 0.25) is 0 Å².